The van der Waals surface area contributed by atoms with Gasteiger partial charge in [-0.2, -0.15) is 5.26 Å². The number of anilines is 1. The molecule has 0 bridgehead atoms. The van der Waals surface area contributed by atoms with Gasteiger partial charge in [0.2, 0.25) is 5.91 Å². The zero-order valence-corrected chi connectivity index (χ0v) is 13.9. The van der Waals surface area contributed by atoms with Crippen LogP contribution in [0.3, 0.4) is 0 Å². The third kappa shape index (κ3) is 4.39. The van der Waals surface area contributed by atoms with Crippen molar-refractivity contribution in [2.24, 2.45) is 5.92 Å². The Bertz CT molecular complexity index is 551. The van der Waals surface area contributed by atoms with E-state index in [9.17, 15) is 10.1 Å². The van der Waals surface area contributed by atoms with Crippen molar-refractivity contribution in [2.45, 2.75) is 46.2 Å². The highest BCUT2D eigenvalue weighted by molar-refractivity contribution is 5.85. The van der Waals surface area contributed by atoms with Crippen LogP contribution in [0.4, 0.5) is 5.69 Å². The number of nitrogens with zero attached hydrogens (tertiary/aromatic N) is 1. The molecule has 0 saturated carbocycles. The number of rotatable bonds is 7. The first-order valence-electron chi connectivity index (χ1n) is 7.55. The summed E-state index contributed by atoms with van der Waals surface area (Å²) in [4.78, 5) is 12.3. The van der Waals surface area contributed by atoms with Gasteiger partial charge in [0.1, 0.15) is 17.3 Å². The van der Waals surface area contributed by atoms with Crippen LogP contribution in [0, 0.1) is 17.2 Å². The lowest BCUT2D eigenvalue weighted by Gasteiger charge is -2.29. The Morgan fingerprint density at radius 3 is 2.55 bits per heavy atom. The number of carbonyl (C=O) groups is 1. The topological polar surface area (TPSA) is 74.2 Å². The molecule has 0 aliphatic rings. The minimum Gasteiger partial charge on any atom is -0.492 e. The molecule has 1 aromatic carbocycles. The van der Waals surface area contributed by atoms with Crippen LogP contribution in [-0.2, 0) is 4.79 Å². The quantitative estimate of drug-likeness (QED) is 0.812. The molecule has 120 valence electrons. The monoisotopic (exact) mass is 303 g/mol. The smallest absolute Gasteiger partial charge is 0.243 e. The molecule has 0 aliphatic heterocycles. The lowest BCUT2D eigenvalue weighted by Crippen LogP contribution is -2.52. The lowest BCUT2D eigenvalue weighted by atomic mass is 9.90. The number of ether oxygens (including phenoxy) is 1. The molecule has 0 fully saturated rings. The van der Waals surface area contributed by atoms with E-state index in [1.807, 2.05) is 45.0 Å². The molecule has 2 atom stereocenters. The van der Waals surface area contributed by atoms with E-state index < -0.39 is 11.6 Å². The summed E-state index contributed by atoms with van der Waals surface area (Å²) in [5.74, 6) is 0.505. The molecule has 0 radical (unpaired) electrons. The minimum atomic E-state index is -0.882. The van der Waals surface area contributed by atoms with Crippen molar-refractivity contribution in [1.29, 1.82) is 5.26 Å². The fourth-order valence-corrected chi connectivity index (χ4v) is 1.83. The molecule has 0 unspecified atom stereocenters. The van der Waals surface area contributed by atoms with E-state index in [2.05, 4.69) is 16.7 Å². The van der Waals surface area contributed by atoms with Crippen molar-refractivity contribution in [1.82, 2.24) is 5.32 Å². The molecule has 1 amide bonds. The van der Waals surface area contributed by atoms with E-state index in [1.54, 1.807) is 13.8 Å². The number of benzene rings is 1. The van der Waals surface area contributed by atoms with Crippen LogP contribution in [-0.4, -0.2) is 24.1 Å². The number of nitrogens with one attached hydrogen (secondary N) is 2. The Morgan fingerprint density at radius 1 is 1.36 bits per heavy atom. The highest BCUT2D eigenvalue weighted by atomic mass is 16.5. The van der Waals surface area contributed by atoms with Crippen molar-refractivity contribution in [3.8, 4) is 11.8 Å². The maximum absolute atomic E-state index is 12.3. The molecule has 1 rings (SSSR count). The van der Waals surface area contributed by atoms with Gasteiger partial charge in [-0.1, -0.05) is 26.0 Å². The molecule has 2 N–H and O–H groups in total. The average Bonchev–Trinajstić information content (AvgIpc) is 2.49. The summed E-state index contributed by atoms with van der Waals surface area (Å²) in [5.41, 5.74) is -0.123. The van der Waals surface area contributed by atoms with Gasteiger partial charge in [-0.3, -0.25) is 4.79 Å². The Morgan fingerprint density at radius 2 is 2.00 bits per heavy atom. The van der Waals surface area contributed by atoms with E-state index in [-0.39, 0.29) is 11.8 Å². The van der Waals surface area contributed by atoms with Crippen LogP contribution >= 0.6 is 0 Å². The van der Waals surface area contributed by atoms with Crippen LogP contribution in [0.1, 0.15) is 34.6 Å². The standard InChI is InChI=1S/C17H25N3O2/c1-6-22-15-10-8-7-9-14(15)19-13(4)16(21)20-17(5,11-18)12(2)3/h7-10,12-13,19H,6H2,1-5H3,(H,20,21)/t13-,17-/m1/s1. The summed E-state index contributed by atoms with van der Waals surface area (Å²) in [6.45, 7) is 9.78. The van der Waals surface area contributed by atoms with Gasteiger partial charge in [0, 0.05) is 0 Å². The van der Waals surface area contributed by atoms with Crippen LogP contribution in [0.5, 0.6) is 5.75 Å². The molecule has 0 heterocycles. The minimum absolute atomic E-state index is 0.0179. The molecule has 0 aromatic heterocycles. The third-order valence-corrected chi connectivity index (χ3v) is 3.72. The van der Waals surface area contributed by atoms with Crippen molar-refractivity contribution in [3.05, 3.63) is 24.3 Å². The van der Waals surface area contributed by atoms with E-state index >= 15 is 0 Å². The SMILES string of the molecule is CCOc1ccccc1N[C@H](C)C(=O)N[C@](C)(C#N)C(C)C. The first-order chi connectivity index (χ1) is 10.3. The fraction of sp³-hybridized carbons (Fsp3) is 0.529. The number of para-hydroxylation sites is 2. The number of carbonyl (C=O) groups excluding carboxylic acids is 1. The third-order valence-electron chi connectivity index (χ3n) is 3.72. The molecular formula is C17H25N3O2. The van der Waals surface area contributed by atoms with Crippen LogP contribution in [0.15, 0.2) is 24.3 Å². The summed E-state index contributed by atoms with van der Waals surface area (Å²) in [7, 11) is 0. The Balaban J connectivity index is 2.79. The molecule has 0 spiro atoms. The van der Waals surface area contributed by atoms with Gasteiger partial charge >= 0.3 is 0 Å². The lowest BCUT2D eigenvalue weighted by molar-refractivity contribution is -0.123. The number of amides is 1. The molecule has 1 aromatic rings. The van der Waals surface area contributed by atoms with E-state index in [1.165, 1.54) is 0 Å². The number of nitriles is 1. The van der Waals surface area contributed by atoms with Gasteiger partial charge in [0.15, 0.2) is 0 Å². The maximum atomic E-state index is 12.3. The fourth-order valence-electron chi connectivity index (χ4n) is 1.83. The second-order valence-electron chi connectivity index (χ2n) is 5.75. The van der Waals surface area contributed by atoms with E-state index in [4.69, 9.17) is 4.74 Å². The highest BCUT2D eigenvalue weighted by Crippen LogP contribution is 2.24. The van der Waals surface area contributed by atoms with Crippen molar-refractivity contribution >= 4 is 11.6 Å². The summed E-state index contributed by atoms with van der Waals surface area (Å²) >= 11 is 0. The molecule has 5 nitrogen and oxygen atoms in total. The van der Waals surface area contributed by atoms with Gasteiger partial charge in [0.05, 0.1) is 18.4 Å². The summed E-state index contributed by atoms with van der Waals surface area (Å²) in [5, 5.41) is 15.2. The predicted molar refractivity (Wildman–Crippen MR) is 87.7 cm³/mol. The molecule has 0 saturated heterocycles. The first-order valence-corrected chi connectivity index (χ1v) is 7.55. The van der Waals surface area contributed by atoms with Crippen molar-refractivity contribution < 1.29 is 9.53 Å². The van der Waals surface area contributed by atoms with Gasteiger partial charge in [-0.05, 0) is 38.8 Å². The van der Waals surface area contributed by atoms with Gasteiger partial charge < -0.3 is 15.4 Å². The highest BCUT2D eigenvalue weighted by Gasteiger charge is 2.31. The summed E-state index contributed by atoms with van der Waals surface area (Å²) < 4.78 is 5.53. The van der Waals surface area contributed by atoms with Crippen molar-refractivity contribution in [3.63, 3.8) is 0 Å². The summed E-state index contributed by atoms with van der Waals surface area (Å²) in [6.07, 6.45) is 0. The van der Waals surface area contributed by atoms with E-state index in [0.29, 0.717) is 12.4 Å². The van der Waals surface area contributed by atoms with Crippen LogP contribution < -0.4 is 15.4 Å². The predicted octanol–water partition coefficient (Wildman–Crippen LogP) is 2.94. The number of hydrogen-bond acceptors (Lipinski definition) is 4. The van der Waals surface area contributed by atoms with Crippen LogP contribution in [0.2, 0.25) is 0 Å². The van der Waals surface area contributed by atoms with Gasteiger partial charge in [-0.25, -0.2) is 0 Å². The largest absolute Gasteiger partial charge is 0.492 e. The van der Waals surface area contributed by atoms with E-state index in [0.717, 1.165) is 5.69 Å². The van der Waals surface area contributed by atoms with Gasteiger partial charge in [0.25, 0.3) is 0 Å². The van der Waals surface area contributed by atoms with Crippen LogP contribution in [0.25, 0.3) is 0 Å². The molecule has 0 aliphatic carbocycles. The second kappa shape index (κ2) is 7.69. The zero-order chi connectivity index (χ0) is 16.8. The molecule has 22 heavy (non-hydrogen) atoms. The molecule has 5 heteroatoms. The average molecular weight is 303 g/mol. The normalized spacial score (nSPS) is 14.6. The van der Waals surface area contributed by atoms with Crippen molar-refractivity contribution in [2.75, 3.05) is 11.9 Å². The maximum Gasteiger partial charge on any atom is 0.243 e. The first kappa shape index (κ1) is 17.8. The van der Waals surface area contributed by atoms with Gasteiger partial charge in [-0.15, -0.1) is 0 Å². The Labute approximate surface area is 132 Å². The Kier molecular flexibility index (Phi) is 6.24. The Hall–Kier alpha value is -2.22. The zero-order valence-electron chi connectivity index (χ0n) is 13.9. The second-order valence-corrected chi connectivity index (χ2v) is 5.75. The summed E-state index contributed by atoms with van der Waals surface area (Å²) in [6, 6.07) is 9.17. The molecular weight excluding hydrogens is 278 g/mol. The number of hydrogen-bond donors (Lipinski definition) is 2.